The Morgan fingerprint density at radius 3 is 2.50 bits per heavy atom. The number of rotatable bonds is 3. The van der Waals surface area contributed by atoms with Crippen molar-refractivity contribution in [1.29, 1.82) is 0 Å². The van der Waals surface area contributed by atoms with Gasteiger partial charge in [-0.25, -0.2) is 4.98 Å². The van der Waals surface area contributed by atoms with E-state index in [9.17, 15) is 14.4 Å². The molecule has 8 heteroatoms. The van der Waals surface area contributed by atoms with E-state index < -0.39 is 11.5 Å². The van der Waals surface area contributed by atoms with Gasteiger partial charge in [0.2, 0.25) is 0 Å². The molecule has 1 aromatic carbocycles. The third kappa shape index (κ3) is 3.49. The summed E-state index contributed by atoms with van der Waals surface area (Å²) in [6.07, 6.45) is 2.78. The summed E-state index contributed by atoms with van der Waals surface area (Å²) in [5.41, 5.74) is 0.794. The highest BCUT2D eigenvalue weighted by Gasteiger charge is 2.19. The lowest BCUT2D eigenvalue weighted by atomic mass is 10.2. The minimum Gasteiger partial charge on any atom is -0.378 e. The molecule has 2 aromatic heterocycles. The first-order valence-electron chi connectivity index (χ1n) is 8.88. The number of amides is 2. The average Bonchev–Trinajstić information content (AvgIpc) is 2.76. The molecule has 142 valence electrons. The zero-order chi connectivity index (χ0) is 19.5. The van der Waals surface area contributed by atoms with Crippen molar-refractivity contribution in [2.75, 3.05) is 31.6 Å². The Bertz CT molecular complexity index is 1090. The van der Waals surface area contributed by atoms with Gasteiger partial charge in [-0.1, -0.05) is 18.2 Å². The van der Waals surface area contributed by atoms with Crippen LogP contribution in [0.15, 0.2) is 59.7 Å². The van der Waals surface area contributed by atoms with E-state index in [4.69, 9.17) is 4.74 Å². The molecule has 1 aliphatic heterocycles. The number of fused-ring (bicyclic) bond motifs is 1. The van der Waals surface area contributed by atoms with Gasteiger partial charge < -0.3 is 15.0 Å². The molecule has 0 bridgehead atoms. The first-order chi connectivity index (χ1) is 13.6. The zero-order valence-corrected chi connectivity index (χ0v) is 15.0. The fourth-order valence-electron chi connectivity index (χ4n) is 3.02. The highest BCUT2D eigenvalue weighted by Crippen LogP contribution is 2.10. The van der Waals surface area contributed by atoms with Crippen LogP contribution in [0.2, 0.25) is 0 Å². The maximum Gasteiger partial charge on any atom is 0.281 e. The topological polar surface area (TPSA) is 93.0 Å². The number of nitrogens with one attached hydrogen (secondary N) is 1. The summed E-state index contributed by atoms with van der Waals surface area (Å²) < 4.78 is 6.54. The van der Waals surface area contributed by atoms with Crippen molar-refractivity contribution in [3.8, 4) is 0 Å². The van der Waals surface area contributed by atoms with Gasteiger partial charge in [-0.3, -0.25) is 18.8 Å². The molecule has 8 nitrogen and oxygen atoms in total. The summed E-state index contributed by atoms with van der Waals surface area (Å²) in [4.78, 5) is 43.7. The highest BCUT2D eigenvalue weighted by molar-refractivity contribution is 6.04. The molecular formula is C20H18N4O4. The Hall–Kier alpha value is -3.52. The van der Waals surface area contributed by atoms with Crippen molar-refractivity contribution in [2.45, 2.75) is 0 Å². The fourth-order valence-corrected chi connectivity index (χ4v) is 3.02. The van der Waals surface area contributed by atoms with Crippen LogP contribution in [0.3, 0.4) is 0 Å². The van der Waals surface area contributed by atoms with Crippen molar-refractivity contribution in [2.24, 2.45) is 0 Å². The molecule has 2 amide bonds. The average molecular weight is 378 g/mol. The molecule has 28 heavy (non-hydrogen) atoms. The Labute approximate surface area is 160 Å². The van der Waals surface area contributed by atoms with Crippen molar-refractivity contribution >= 4 is 23.1 Å². The first kappa shape index (κ1) is 17.9. The summed E-state index contributed by atoms with van der Waals surface area (Å²) in [7, 11) is 0. The molecule has 0 radical (unpaired) electrons. The number of carbonyl (C=O) groups excluding carboxylic acids is 2. The second kappa shape index (κ2) is 7.61. The van der Waals surface area contributed by atoms with Gasteiger partial charge in [0.1, 0.15) is 11.3 Å². The van der Waals surface area contributed by atoms with Gasteiger partial charge in [0.25, 0.3) is 17.4 Å². The van der Waals surface area contributed by atoms with E-state index in [1.807, 2.05) is 0 Å². The molecule has 0 aliphatic carbocycles. The second-order valence-corrected chi connectivity index (χ2v) is 6.35. The Morgan fingerprint density at radius 2 is 1.75 bits per heavy atom. The van der Waals surface area contributed by atoms with Crippen LogP contribution in [0.4, 0.5) is 5.69 Å². The van der Waals surface area contributed by atoms with E-state index in [1.54, 1.807) is 47.4 Å². The quantitative estimate of drug-likeness (QED) is 0.744. The minimum atomic E-state index is -0.453. The van der Waals surface area contributed by atoms with Crippen LogP contribution >= 0.6 is 0 Å². The van der Waals surface area contributed by atoms with Crippen molar-refractivity contribution in [3.05, 3.63) is 76.3 Å². The number of aromatic nitrogens is 2. The van der Waals surface area contributed by atoms with Crippen LogP contribution < -0.4 is 10.9 Å². The number of carbonyl (C=O) groups is 2. The number of ether oxygens (including phenoxy) is 1. The standard InChI is InChI=1S/C20H18N4O4/c25-18(14-4-2-1-3-5-14)22-16-12-21-17-7-6-15(13-24(17)20(16)27)19(26)23-8-10-28-11-9-23/h1-7,12-13H,8-11H2,(H,22,25). The number of hydrogen-bond donors (Lipinski definition) is 1. The van der Waals surface area contributed by atoms with E-state index in [0.717, 1.165) is 0 Å². The van der Waals surface area contributed by atoms with Gasteiger partial charge in [0.15, 0.2) is 0 Å². The van der Waals surface area contributed by atoms with Gasteiger partial charge in [0.05, 0.1) is 25.0 Å². The van der Waals surface area contributed by atoms with Crippen LogP contribution in [-0.4, -0.2) is 52.4 Å². The largest absolute Gasteiger partial charge is 0.378 e. The zero-order valence-electron chi connectivity index (χ0n) is 15.0. The van der Waals surface area contributed by atoms with E-state index in [1.165, 1.54) is 16.8 Å². The molecule has 0 spiro atoms. The third-order valence-corrected chi connectivity index (χ3v) is 4.53. The van der Waals surface area contributed by atoms with Crippen molar-refractivity contribution < 1.29 is 14.3 Å². The lowest BCUT2D eigenvalue weighted by Gasteiger charge is -2.26. The van der Waals surface area contributed by atoms with Gasteiger partial charge in [-0.15, -0.1) is 0 Å². The lowest BCUT2D eigenvalue weighted by molar-refractivity contribution is 0.0302. The summed E-state index contributed by atoms with van der Waals surface area (Å²) in [5, 5.41) is 2.58. The molecule has 1 saturated heterocycles. The molecule has 0 atom stereocenters. The van der Waals surface area contributed by atoms with E-state index >= 15 is 0 Å². The molecule has 0 saturated carbocycles. The summed E-state index contributed by atoms with van der Waals surface area (Å²) in [6.45, 7) is 2.02. The molecular weight excluding hydrogens is 360 g/mol. The van der Waals surface area contributed by atoms with E-state index in [2.05, 4.69) is 10.3 Å². The third-order valence-electron chi connectivity index (χ3n) is 4.53. The lowest BCUT2D eigenvalue weighted by Crippen LogP contribution is -2.40. The molecule has 1 N–H and O–H groups in total. The van der Waals surface area contributed by atoms with Crippen LogP contribution in [0.1, 0.15) is 20.7 Å². The maximum atomic E-state index is 12.8. The van der Waals surface area contributed by atoms with Crippen LogP contribution in [0.25, 0.3) is 5.65 Å². The summed E-state index contributed by atoms with van der Waals surface area (Å²) >= 11 is 0. The van der Waals surface area contributed by atoms with Gasteiger partial charge >= 0.3 is 0 Å². The number of hydrogen-bond acceptors (Lipinski definition) is 5. The smallest absolute Gasteiger partial charge is 0.281 e. The second-order valence-electron chi connectivity index (χ2n) is 6.35. The van der Waals surface area contributed by atoms with Crippen LogP contribution in [0, 0.1) is 0 Å². The van der Waals surface area contributed by atoms with Gasteiger partial charge in [-0.2, -0.15) is 0 Å². The molecule has 4 rings (SSSR count). The fraction of sp³-hybridized carbons (Fsp3) is 0.200. The predicted octanol–water partition coefficient (Wildman–Crippen LogP) is 1.42. The number of anilines is 1. The molecule has 3 heterocycles. The highest BCUT2D eigenvalue weighted by atomic mass is 16.5. The van der Waals surface area contributed by atoms with Crippen molar-refractivity contribution in [1.82, 2.24) is 14.3 Å². The van der Waals surface area contributed by atoms with Crippen molar-refractivity contribution in [3.63, 3.8) is 0 Å². The number of benzene rings is 1. The maximum absolute atomic E-state index is 12.8. The van der Waals surface area contributed by atoms with Gasteiger partial charge in [-0.05, 0) is 24.3 Å². The SMILES string of the molecule is O=C(Nc1cnc2ccc(C(=O)N3CCOCC3)cn2c1=O)c1ccccc1. The number of morpholine rings is 1. The summed E-state index contributed by atoms with van der Waals surface area (Å²) in [6, 6.07) is 11.8. The van der Waals surface area contributed by atoms with E-state index in [-0.39, 0.29) is 11.6 Å². The first-order valence-corrected chi connectivity index (χ1v) is 8.88. The number of nitrogens with zero attached hydrogens (tertiary/aromatic N) is 3. The molecule has 3 aromatic rings. The van der Waals surface area contributed by atoms with E-state index in [0.29, 0.717) is 43.1 Å². The summed E-state index contributed by atoms with van der Waals surface area (Å²) in [5.74, 6) is -0.573. The Morgan fingerprint density at radius 1 is 1.00 bits per heavy atom. The molecule has 0 unspecified atom stereocenters. The monoisotopic (exact) mass is 378 g/mol. The Kier molecular flexibility index (Phi) is 4.86. The normalized spacial score (nSPS) is 14.1. The van der Waals surface area contributed by atoms with Crippen LogP contribution in [-0.2, 0) is 4.74 Å². The Balaban J connectivity index is 1.65. The predicted molar refractivity (Wildman–Crippen MR) is 103 cm³/mol. The molecule has 1 fully saturated rings. The number of pyridine rings is 1. The minimum absolute atomic E-state index is 0.0438. The van der Waals surface area contributed by atoms with Gasteiger partial charge in [0, 0.05) is 24.8 Å². The molecule has 1 aliphatic rings. The van der Waals surface area contributed by atoms with Crippen LogP contribution in [0.5, 0.6) is 0 Å².